The maximum Gasteiger partial charge on any atom is 0.305 e. The number of hydrogen-bond donors (Lipinski definition) is 6. The molecule has 0 aromatic rings. The van der Waals surface area contributed by atoms with Gasteiger partial charge in [-0.1, -0.05) is 158 Å². The summed E-state index contributed by atoms with van der Waals surface area (Å²) in [4.78, 5) is 25.0. The van der Waals surface area contributed by atoms with Gasteiger partial charge in [-0.2, -0.15) is 0 Å². The summed E-state index contributed by atoms with van der Waals surface area (Å²) >= 11 is 0. The molecule has 11 nitrogen and oxygen atoms in total. The van der Waals surface area contributed by atoms with Crippen LogP contribution in [0.2, 0.25) is 0 Å². The number of esters is 1. The van der Waals surface area contributed by atoms with E-state index in [1.54, 1.807) is 6.08 Å². The van der Waals surface area contributed by atoms with Crippen LogP contribution in [0.15, 0.2) is 60.8 Å². The summed E-state index contributed by atoms with van der Waals surface area (Å²) < 4.78 is 16.6. The number of carbonyl (C=O) groups is 2. The third-order valence-corrected chi connectivity index (χ3v) is 11.9. The van der Waals surface area contributed by atoms with Crippen molar-refractivity contribution in [3.05, 3.63) is 60.8 Å². The van der Waals surface area contributed by atoms with E-state index in [9.17, 15) is 35.1 Å². The van der Waals surface area contributed by atoms with Crippen molar-refractivity contribution in [2.45, 2.75) is 249 Å². The first-order valence-corrected chi connectivity index (χ1v) is 26.1. The van der Waals surface area contributed by atoms with Crippen LogP contribution in [0.3, 0.4) is 0 Å². The molecule has 1 aliphatic heterocycles. The molecule has 0 spiro atoms. The Balaban J connectivity index is 2.21. The zero-order valence-corrected chi connectivity index (χ0v) is 40.9. The number of nitrogens with one attached hydrogen (secondary N) is 1. The molecule has 1 aliphatic rings. The number of rotatable bonds is 43. The van der Waals surface area contributed by atoms with Crippen LogP contribution < -0.4 is 5.32 Å². The first-order chi connectivity index (χ1) is 31.7. The second-order valence-corrected chi connectivity index (χ2v) is 17.9. The smallest absolute Gasteiger partial charge is 0.305 e. The molecular formula is C54H95NO10. The minimum absolute atomic E-state index is 0.0543. The van der Waals surface area contributed by atoms with Gasteiger partial charge >= 0.3 is 5.97 Å². The maximum atomic E-state index is 13.0. The van der Waals surface area contributed by atoms with Crippen LogP contribution in [-0.4, -0.2) is 100 Å². The molecule has 0 aromatic heterocycles. The first-order valence-electron chi connectivity index (χ1n) is 26.1. The van der Waals surface area contributed by atoms with E-state index in [2.05, 4.69) is 67.8 Å². The first kappa shape index (κ1) is 60.4. The van der Waals surface area contributed by atoms with Crippen molar-refractivity contribution in [3.63, 3.8) is 0 Å². The summed E-state index contributed by atoms with van der Waals surface area (Å²) in [6.45, 7) is 4.16. The quantitative estimate of drug-likeness (QED) is 0.0149. The second kappa shape index (κ2) is 43.9. The zero-order valence-electron chi connectivity index (χ0n) is 40.9. The summed E-state index contributed by atoms with van der Waals surface area (Å²) in [5, 5.41) is 54.1. The van der Waals surface area contributed by atoms with Gasteiger partial charge in [-0.3, -0.25) is 9.59 Å². The Kier molecular flexibility index (Phi) is 40.8. The Morgan fingerprint density at radius 3 is 1.66 bits per heavy atom. The lowest BCUT2D eigenvalue weighted by Gasteiger charge is -2.40. The third-order valence-electron chi connectivity index (χ3n) is 11.9. The molecule has 1 heterocycles. The molecule has 0 bridgehead atoms. The van der Waals surface area contributed by atoms with E-state index >= 15 is 0 Å². The number of hydrogen-bond acceptors (Lipinski definition) is 10. The highest BCUT2D eigenvalue weighted by Gasteiger charge is 2.44. The molecule has 1 saturated heterocycles. The Morgan fingerprint density at radius 2 is 1.06 bits per heavy atom. The SMILES string of the molecule is CCCC/C=C\CCCCCCCC(=O)OCCCCC/C=C\C=C/CCCCCCCCC(=O)NC(COC1OC(CO)C(O)C(O)C1O)C(O)/C=C/CC/C=C/CCCCCCC. The highest BCUT2D eigenvalue weighted by atomic mass is 16.7. The van der Waals surface area contributed by atoms with E-state index in [1.807, 2.05) is 6.08 Å². The molecule has 65 heavy (non-hydrogen) atoms. The largest absolute Gasteiger partial charge is 0.466 e. The van der Waals surface area contributed by atoms with Crippen LogP contribution in [0.25, 0.3) is 0 Å². The van der Waals surface area contributed by atoms with Crippen LogP contribution >= 0.6 is 0 Å². The average molecular weight is 918 g/mol. The van der Waals surface area contributed by atoms with E-state index in [1.165, 1.54) is 77.0 Å². The number of carbonyl (C=O) groups excluding carboxylic acids is 2. The maximum absolute atomic E-state index is 13.0. The number of allylic oxidation sites excluding steroid dienone is 9. The van der Waals surface area contributed by atoms with Crippen LogP contribution in [0.4, 0.5) is 0 Å². The lowest BCUT2D eigenvalue weighted by atomic mass is 9.99. The second-order valence-electron chi connectivity index (χ2n) is 17.9. The highest BCUT2D eigenvalue weighted by Crippen LogP contribution is 2.22. The van der Waals surface area contributed by atoms with Crippen LogP contribution in [-0.2, 0) is 23.8 Å². The molecule has 376 valence electrons. The van der Waals surface area contributed by atoms with Gasteiger partial charge in [0.05, 0.1) is 32.0 Å². The Labute approximate surface area is 395 Å². The molecule has 7 unspecified atom stereocenters. The molecule has 0 radical (unpaired) electrons. The Hall–Kier alpha value is -2.64. The van der Waals surface area contributed by atoms with Gasteiger partial charge in [0, 0.05) is 12.8 Å². The van der Waals surface area contributed by atoms with Crippen LogP contribution in [0.5, 0.6) is 0 Å². The lowest BCUT2D eigenvalue weighted by molar-refractivity contribution is -0.302. The van der Waals surface area contributed by atoms with Crippen molar-refractivity contribution in [3.8, 4) is 0 Å². The summed E-state index contributed by atoms with van der Waals surface area (Å²) in [6.07, 6.45) is 44.5. The standard InChI is InChI=1S/C54H95NO10/c1-3-5-7-9-11-13-20-24-28-32-36-40-47(57)46(45-64-54-53(62)52(61)51(60)48(44-56)65-54)55-49(58)41-37-33-29-25-22-18-16-15-17-19-23-27-31-35-39-43-63-50(59)42-38-34-30-26-21-14-12-10-8-6-4-2/h10,12,15,17,19-20,23-24,36,40,46-48,51-54,56-57,60-62H,3-9,11,13-14,16,18,21-22,25-35,37-39,41-45H2,1-2H3,(H,55,58)/b12-10-,17-15-,23-19-,24-20+,40-36+. The fourth-order valence-corrected chi connectivity index (χ4v) is 7.60. The average Bonchev–Trinajstić information content (AvgIpc) is 3.30. The predicted molar refractivity (Wildman–Crippen MR) is 264 cm³/mol. The molecule has 11 heteroatoms. The summed E-state index contributed by atoms with van der Waals surface area (Å²) in [5.41, 5.74) is 0. The molecular weight excluding hydrogens is 823 g/mol. The van der Waals surface area contributed by atoms with Crippen molar-refractivity contribution in [2.75, 3.05) is 19.8 Å². The number of ether oxygens (including phenoxy) is 3. The van der Waals surface area contributed by atoms with E-state index in [0.29, 0.717) is 19.4 Å². The van der Waals surface area contributed by atoms with Gasteiger partial charge in [0.25, 0.3) is 0 Å². The summed E-state index contributed by atoms with van der Waals surface area (Å²) in [5.74, 6) is -0.273. The van der Waals surface area contributed by atoms with Crippen molar-refractivity contribution in [1.29, 1.82) is 0 Å². The van der Waals surface area contributed by atoms with Crippen LogP contribution in [0, 0.1) is 0 Å². The molecule has 0 aromatic carbocycles. The van der Waals surface area contributed by atoms with Gasteiger partial charge < -0.3 is 45.1 Å². The number of amides is 1. The minimum atomic E-state index is -1.59. The molecule has 0 aliphatic carbocycles. The highest BCUT2D eigenvalue weighted by molar-refractivity contribution is 5.76. The zero-order chi connectivity index (χ0) is 47.4. The molecule has 1 fully saturated rings. The number of aliphatic hydroxyl groups excluding tert-OH is 5. The van der Waals surface area contributed by atoms with Gasteiger partial charge in [0.2, 0.25) is 5.91 Å². The molecule has 1 amide bonds. The molecule has 1 rings (SSSR count). The van der Waals surface area contributed by atoms with Gasteiger partial charge in [0.15, 0.2) is 6.29 Å². The van der Waals surface area contributed by atoms with Gasteiger partial charge in [-0.05, 0) is 96.3 Å². The lowest BCUT2D eigenvalue weighted by Crippen LogP contribution is -2.60. The van der Waals surface area contributed by atoms with Crippen molar-refractivity contribution in [1.82, 2.24) is 5.32 Å². The third kappa shape index (κ3) is 34.3. The van der Waals surface area contributed by atoms with E-state index in [4.69, 9.17) is 14.2 Å². The molecule has 6 N–H and O–H groups in total. The van der Waals surface area contributed by atoms with Crippen molar-refractivity contribution in [2.24, 2.45) is 0 Å². The van der Waals surface area contributed by atoms with Crippen LogP contribution in [0.1, 0.15) is 206 Å². The fraction of sp³-hybridized carbons (Fsp3) is 0.778. The van der Waals surface area contributed by atoms with Crippen molar-refractivity contribution >= 4 is 11.9 Å². The normalized spacial score (nSPS) is 20.3. The number of aliphatic hydroxyl groups is 5. The molecule has 7 atom stereocenters. The predicted octanol–water partition coefficient (Wildman–Crippen LogP) is 10.7. The monoisotopic (exact) mass is 918 g/mol. The van der Waals surface area contributed by atoms with Gasteiger partial charge in [-0.25, -0.2) is 0 Å². The van der Waals surface area contributed by atoms with E-state index in [-0.39, 0.29) is 18.5 Å². The summed E-state index contributed by atoms with van der Waals surface area (Å²) in [6, 6.07) is -0.844. The Morgan fingerprint density at radius 1 is 0.569 bits per heavy atom. The number of unbranched alkanes of at least 4 members (excludes halogenated alkanes) is 22. The van der Waals surface area contributed by atoms with Crippen molar-refractivity contribution < 1.29 is 49.3 Å². The van der Waals surface area contributed by atoms with E-state index < -0.39 is 49.5 Å². The van der Waals surface area contributed by atoms with Gasteiger partial charge in [-0.15, -0.1) is 0 Å². The molecule has 0 saturated carbocycles. The van der Waals surface area contributed by atoms with Gasteiger partial charge in [0.1, 0.15) is 24.4 Å². The topological polar surface area (TPSA) is 175 Å². The van der Waals surface area contributed by atoms with E-state index in [0.717, 1.165) is 103 Å². The fourth-order valence-electron chi connectivity index (χ4n) is 7.60. The summed E-state index contributed by atoms with van der Waals surface area (Å²) in [7, 11) is 0. The minimum Gasteiger partial charge on any atom is -0.466 e. The Bertz CT molecular complexity index is 1270.